The molecule has 0 bridgehead atoms. The van der Waals surface area contributed by atoms with Crippen molar-refractivity contribution < 1.29 is 4.74 Å². The number of hydrogen-bond donors (Lipinski definition) is 2. The van der Waals surface area contributed by atoms with Gasteiger partial charge in [-0.25, -0.2) is 15.0 Å². The van der Waals surface area contributed by atoms with Crippen LogP contribution in [0, 0.1) is 13.8 Å². The zero-order chi connectivity index (χ0) is 18.0. The van der Waals surface area contributed by atoms with Crippen molar-refractivity contribution in [3.63, 3.8) is 0 Å². The molecule has 130 valence electrons. The highest BCUT2D eigenvalue weighted by Crippen LogP contribution is 2.27. The van der Waals surface area contributed by atoms with Gasteiger partial charge in [-0.3, -0.25) is 15.1 Å². The number of para-hydroxylation sites is 1. The highest BCUT2D eigenvalue weighted by molar-refractivity contribution is 5.87. The number of nitrogens with zero attached hydrogens (tertiary/aromatic N) is 3. The van der Waals surface area contributed by atoms with Crippen LogP contribution in [-0.4, -0.2) is 26.5 Å². The van der Waals surface area contributed by atoms with Crippen LogP contribution in [0.2, 0.25) is 0 Å². The fourth-order valence-corrected chi connectivity index (χ4v) is 2.80. The second kappa shape index (κ2) is 6.88. The number of aromatic nitrogens is 4. The Morgan fingerprint density at radius 2 is 1.92 bits per heavy atom. The molecular formula is C18H21N5O2. The summed E-state index contributed by atoms with van der Waals surface area (Å²) in [6, 6.07) is 5.75. The predicted octanol–water partition coefficient (Wildman–Crippen LogP) is 3.03. The molecule has 3 aromatic rings. The lowest BCUT2D eigenvalue weighted by atomic mass is 10.2. The van der Waals surface area contributed by atoms with Crippen molar-refractivity contribution in [2.45, 2.75) is 34.1 Å². The SMILES string of the molecule is CCOc1cccc2c(C)nc(Nc3nc(C)c(CC)c(=O)[nH]3)nc12. The minimum Gasteiger partial charge on any atom is -0.492 e. The van der Waals surface area contributed by atoms with Crippen LogP contribution in [0.25, 0.3) is 10.9 Å². The monoisotopic (exact) mass is 339 g/mol. The van der Waals surface area contributed by atoms with Crippen molar-refractivity contribution in [1.82, 2.24) is 19.9 Å². The van der Waals surface area contributed by atoms with Crippen LogP contribution >= 0.6 is 0 Å². The number of hydrogen-bond acceptors (Lipinski definition) is 6. The fraction of sp³-hybridized carbons (Fsp3) is 0.333. The van der Waals surface area contributed by atoms with Crippen LogP contribution in [0.3, 0.4) is 0 Å². The molecule has 25 heavy (non-hydrogen) atoms. The molecule has 0 aliphatic rings. The highest BCUT2D eigenvalue weighted by atomic mass is 16.5. The number of anilines is 2. The Morgan fingerprint density at radius 1 is 1.12 bits per heavy atom. The zero-order valence-corrected chi connectivity index (χ0v) is 14.8. The Bertz CT molecular complexity index is 981. The first-order chi connectivity index (χ1) is 12.0. The van der Waals surface area contributed by atoms with E-state index < -0.39 is 0 Å². The molecule has 0 aliphatic heterocycles. The van der Waals surface area contributed by atoms with E-state index in [1.807, 2.05) is 45.9 Å². The highest BCUT2D eigenvalue weighted by Gasteiger charge is 2.11. The average molecular weight is 339 g/mol. The number of fused-ring (bicyclic) bond motifs is 1. The molecule has 2 heterocycles. The molecule has 0 radical (unpaired) electrons. The standard InChI is InChI=1S/C18H21N5O2/c1-5-12-10(3)19-18(22-16(12)24)23-17-20-11(4)13-8-7-9-14(25-6-2)15(13)21-17/h7-9H,5-6H2,1-4H3,(H2,19,20,21,22,23,24). The summed E-state index contributed by atoms with van der Waals surface area (Å²) in [5, 5.41) is 3.92. The van der Waals surface area contributed by atoms with E-state index in [1.54, 1.807) is 0 Å². The van der Waals surface area contributed by atoms with Gasteiger partial charge in [0.2, 0.25) is 11.9 Å². The van der Waals surface area contributed by atoms with Crippen molar-refractivity contribution in [2.24, 2.45) is 0 Å². The van der Waals surface area contributed by atoms with Gasteiger partial charge < -0.3 is 4.74 Å². The summed E-state index contributed by atoms with van der Waals surface area (Å²) in [7, 11) is 0. The molecule has 0 fully saturated rings. The smallest absolute Gasteiger partial charge is 0.255 e. The molecule has 0 unspecified atom stereocenters. The van der Waals surface area contributed by atoms with E-state index in [2.05, 4.69) is 25.3 Å². The van der Waals surface area contributed by atoms with E-state index >= 15 is 0 Å². The number of H-pyrrole nitrogens is 1. The maximum atomic E-state index is 12.1. The third-order valence-corrected chi connectivity index (χ3v) is 3.99. The van der Waals surface area contributed by atoms with Crippen LogP contribution in [0.4, 0.5) is 11.9 Å². The van der Waals surface area contributed by atoms with Crippen LogP contribution in [0.1, 0.15) is 30.8 Å². The molecule has 0 saturated heterocycles. The van der Waals surface area contributed by atoms with E-state index in [0.29, 0.717) is 41.9 Å². The maximum absolute atomic E-state index is 12.1. The van der Waals surface area contributed by atoms with Crippen molar-refractivity contribution in [2.75, 3.05) is 11.9 Å². The van der Waals surface area contributed by atoms with Gasteiger partial charge in [0, 0.05) is 16.6 Å². The van der Waals surface area contributed by atoms with Crippen molar-refractivity contribution in [3.05, 3.63) is 45.5 Å². The van der Waals surface area contributed by atoms with Gasteiger partial charge in [-0.1, -0.05) is 19.1 Å². The molecule has 7 nitrogen and oxygen atoms in total. The number of rotatable bonds is 5. The summed E-state index contributed by atoms with van der Waals surface area (Å²) < 4.78 is 5.66. The number of benzene rings is 1. The van der Waals surface area contributed by atoms with Gasteiger partial charge >= 0.3 is 0 Å². The van der Waals surface area contributed by atoms with Gasteiger partial charge in [0.25, 0.3) is 5.56 Å². The molecule has 0 spiro atoms. The van der Waals surface area contributed by atoms with E-state index in [1.165, 1.54) is 0 Å². The van der Waals surface area contributed by atoms with Crippen molar-refractivity contribution >= 4 is 22.8 Å². The summed E-state index contributed by atoms with van der Waals surface area (Å²) in [6.07, 6.45) is 0.637. The van der Waals surface area contributed by atoms with Crippen LogP contribution < -0.4 is 15.6 Å². The minimum absolute atomic E-state index is 0.148. The van der Waals surface area contributed by atoms with E-state index in [0.717, 1.165) is 16.6 Å². The summed E-state index contributed by atoms with van der Waals surface area (Å²) in [4.78, 5) is 28.2. The molecule has 0 aliphatic carbocycles. The Kier molecular flexibility index (Phi) is 4.65. The lowest BCUT2D eigenvalue weighted by Crippen LogP contribution is -2.18. The molecule has 0 saturated carbocycles. The molecule has 2 aromatic heterocycles. The molecule has 1 aromatic carbocycles. The fourth-order valence-electron chi connectivity index (χ4n) is 2.80. The Labute approximate surface area is 145 Å². The number of ether oxygens (including phenoxy) is 1. The third-order valence-electron chi connectivity index (χ3n) is 3.99. The lowest BCUT2D eigenvalue weighted by molar-refractivity contribution is 0.343. The first-order valence-electron chi connectivity index (χ1n) is 8.30. The number of aromatic amines is 1. The molecular weight excluding hydrogens is 318 g/mol. The largest absolute Gasteiger partial charge is 0.492 e. The van der Waals surface area contributed by atoms with Crippen LogP contribution in [-0.2, 0) is 6.42 Å². The van der Waals surface area contributed by atoms with Gasteiger partial charge in [0.05, 0.1) is 12.3 Å². The molecule has 0 atom stereocenters. The van der Waals surface area contributed by atoms with E-state index in [9.17, 15) is 4.79 Å². The first kappa shape index (κ1) is 16.9. The lowest BCUT2D eigenvalue weighted by Gasteiger charge is -2.11. The molecule has 7 heteroatoms. The molecule has 3 rings (SSSR count). The van der Waals surface area contributed by atoms with Crippen LogP contribution in [0.5, 0.6) is 5.75 Å². The normalized spacial score (nSPS) is 10.9. The second-order valence-corrected chi connectivity index (χ2v) is 5.68. The zero-order valence-electron chi connectivity index (χ0n) is 14.8. The minimum atomic E-state index is -0.148. The number of nitrogens with one attached hydrogen (secondary N) is 2. The topological polar surface area (TPSA) is 92.8 Å². The van der Waals surface area contributed by atoms with Crippen molar-refractivity contribution in [1.29, 1.82) is 0 Å². The van der Waals surface area contributed by atoms with E-state index in [-0.39, 0.29) is 5.56 Å². The molecule has 0 amide bonds. The Balaban J connectivity index is 2.05. The second-order valence-electron chi connectivity index (χ2n) is 5.68. The Morgan fingerprint density at radius 3 is 2.60 bits per heavy atom. The summed E-state index contributed by atoms with van der Waals surface area (Å²) in [6.45, 7) is 8.14. The van der Waals surface area contributed by atoms with Gasteiger partial charge in [-0.2, -0.15) is 0 Å². The first-order valence-corrected chi connectivity index (χ1v) is 8.30. The summed E-state index contributed by atoms with van der Waals surface area (Å²) in [5.41, 5.74) is 2.77. The Hall–Kier alpha value is -2.96. The average Bonchev–Trinajstić information content (AvgIpc) is 2.56. The predicted molar refractivity (Wildman–Crippen MR) is 97.7 cm³/mol. The summed E-state index contributed by atoms with van der Waals surface area (Å²) in [5.74, 6) is 1.39. The molecule has 2 N–H and O–H groups in total. The van der Waals surface area contributed by atoms with Gasteiger partial charge in [-0.15, -0.1) is 0 Å². The van der Waals surface area contributed by atoms with Gasteiger partial charge in [-0.05, 0) is 33.3 Å². The quantitative estimate of drug-likeness (QED) is 0.742. The summed E-state index contributed by atoms with van der Waals surface area (Å²) >= 11 is 0. The van der Waals surface area contributed by atoms with Crippen molar-refractivity contribution in [3.8, 4) is 5.75 Å². The number of aryl methyl sites for hydroxylation is 2. The third kappa shape index (κ3) is 3.31. The maximum Gasteiger partial charge on any atom is 0.255 e. The van der Waals surface area contributed by atoms with E-state index in [4.69, 9.17) is 4.74 Å². The van der Waals surface area contributed by atoms with Gasteiger partial charge in [0.1, 0.15) is 11.3 Å². The van der Waals surface area contributed by atoms with Crippen LogP contribution in [0.15, 0.2) is 23.0 Å². The van der Waals surface area contributed by atoms with Gasteiger partial charge in [0.15, 0.2) is 0 Å².